The normalized spacial score (nSPS) is 21.2. The third-order valence-electron chi connectivity index (χ3n) is 4.24. The number of aliphatic carboxylic acids is 1. The lowest BCUT2D eigenvalue weighted by Gasteiger charge is -2.20. The molecule has 1 fully saturated rings. The molecule has 2 aromatic rings. The zero-order valence-electron chi connectivity index (χ0n) is 12.3. The maximum Gasteiger partial charge on any atom is 0.317 e. The zero-order chi connectivity index (χ0) is 15.7. The van der Waals surface area contributed by atoms with Crippen LogP contribution in [0.1, 0.15) is 18.9 Å². The highest BCUT2D eigenvalue weighted by Crippen LogP contribution is 2.30. The summed E-state index contributed by atoms with van der Waals surface area (Å²) in [6, 6.07) is 7.99. The Labute approximate surface area is 132 Å². The van der Waals surface area contributed by atoms with Gasteiger partial charge < -0.3 is 15.3 Å². The molecule has 1 aliphatic rings. The van der Waals surface area contributed by atoms with Crippen molar-refractivity contribution in [2.24, 2.45) is 5.41 Å². The molecule has 2 N–H and O–H groups in total. The van der Waals surface area contributed by atoms with Crippen LogP contribution in [0.15, 0.2) is 29.6 Å². The van der Waals surface area contributed by atoms with Crippen LogP contribution in [0.2, 0.25) is 0 Å². The van der Waals surface area contributed by atoms with Crippen LogP contribution in [0, 0.1) is 5.41 Å². The van der Waals surface area contributed by atoms with E-state index in [1.807, 2.05) is 11.4 Å². The van der Waals surface area contributed by atoms with Crippen LogP contribution in [0.4, 0.5) is 4.79 Å². The topological polar surface area (TPSA) is 69.6 Å². The molecule has 22 heavy (non-hydrogen) atoms. The highest BCUT2D eigenvalue weighted by molar-refractivity contribution is 7.17. The molecule has 3 rings (SSSR count). The summed E-state index contributed by atoms with van der Waals surface area (Å²) in [5, 5.41) is 15.3. The zero-order valence-corrected chi connectivity index (χ0v) is 13.2. The molecule has 1 aromatic heterocycles. The standard InChI is InChI=1S/C16H18N2O3S/c1-16(14(19)20)5-6-18(10-16)15(21)17-9-11-2-3-13-12(8-11)4-7-22-13/h2-4,7-8H,5-6,9-10H2,1H3,(H,17,21)(H,19,20). The first-order valence-corrected chi connectivity index (χ1v) is 8.08. The van der Waals surface area contributed by atoms with Crippen LogP contribution in [-0.2, 0) is 11.3 Å². The van der Waals surface area contributed by atoms with Gasteiger partial charge in [-0.1, -0.05) is 6.07 Å². The minimum Gasteiger partial charge on any atom is -0.481 e. The summed E-state index contributed by atoms with van der Waals surface area (Å²) in [6.07, 6.45) is 0.497. The van der Waals surface area contributed by atoms with Crippen molar-refractivity contribution < 1.29 is 14.7 Å². The summed E-state index contributed by atoms with van der Waals surface area (Å²) in [7, 11) is 0. The highest BCUT2D eigenvalue weighted by atomic mass is 32.1. The first kappa shape index (κ1) is 14.8. The molecule has 1 atom stereocenters. The van der Waals surface area contributed by atoms with E-state index in [2.05, 4.69) is 23.5 Å². The molecule has 5 nitrogen and oxygen atoms in total. The number of hydrogen-bond donors (Lipinski definition) is 2. The molecule has 116 valence electrons. The number of likely N-dealkylation sites (tertiary alicyclic amines) is 1. The minimum atomic E-state index is -0.842. The fraction of sp³-hybridized carbons (Fsp3) is 0.375. The minimum absolute atomic E-state index is 0.199. The van der Waals surface area contributed by atoms with E-state index in [0.717, 1.165) is 5.56 Å². The number of thiophene rings is 1. The van der Waals surface area contributed by atoms with Gasteiger partial charge >= 0.3 is 12.0 Å². The van der Waals surface area contributed by atoms with Gasteiger partial charge in [-0.25, -0.2) is 4.79 Å². The Hall–Kier alpha value is -2.08. The number of benzene rings is 1. The van der Waals surface area contributed by atoms with Gasteiger partial charge in [-0.2, -0.15) is 0 Å². The van der Waals surface area contributed by atoms with Gasteiger partial charge in [0.05, 0.1) is 5.41 Å². The van der Waals surface area contributed by atoms with Crippen molar-refractivity contribution >= 4 is 33.4 Å². The quantitative estimate of drug-likeness (QED) is 0.914. The third kappa shape index (κ3) is 2.78. The van der Waals surface area contributed by atoms with E-state index in [0.29, 0.717) is 19.5 Å². The van der Waals surface area contributed by atoms with Crippen molar-refractivity contribution in [1.29, 1.82) is 0 Å². The Kier molecular flexibility index (Phi) is 3.78. The van der Waals surface area contributed by atoms with Gasteiger partial charge in [0.25, 0.3) is 0 Å². The number of carbonyl (C=O) groups is 2. The number of nitrogens with zero attached hydrogens (tertiary/aromatic N) is 1. The summed E-state index contributed by atoms with van der Waals surface area (Å²) in [6.45, 7) is 2.88. The Morgan fingerprint density at radius 2 is 2.23 bits per heavy atom. The molecule has 2 amide bonds. The number of carbonyl (C=O) groups excluding carboxylic acids is 1. The third-order valence-corrected chi connectivity index (χ3v) is 5.14. The van der Waals surface area contributed by atoms with Crippen molar-refractivity contribution in [2.45, 2.75) is 19.9 Å². The number of amides is 2. The highest BCUT2D eigenvalue weighted by Gasteiger charge is 2.42. The second-order valence-corrected chi connectivity index (χ2v) is 6.94. The lowest BCUT2D eigenvalue weighted by molar-refractivity contribution is -0.146. The number of fused-ring (bicyclic) bond motifs is 1. The molecule has 1 saturated heterocycles. The number of nitrogens with one attached hydrogen (secondary N) is 1. The number of carboxylic acid groups (broad SMARTS) is 1. The summed E-state index contributed by atoms with van der Waals surface area (Å²) in [5.74, 6) is -0.842. The first-order valence-electron chi connectivity index (χ1n) is 7.20. The summed E-state index contributed by atoms with van der Waals surface area (Å²) < 4.78 is 1.23. The fourth-order valence-corrected chi connectivity index (χ4v) is 3.50. The molecule has 1 aromatic carbocycles. The molecule has 2 heterocycles. The van der Waals surface area contributed by atoms with Crippen LogP contribution < -0.4 is 5.32 Å². The average molecular weight is 318 g/mol. The number of carboxylic acids is 1. The van der Waals surface area contributed by atoms with Crippen LogP contribution in [0.25, 0.3) is 10.1 Å². The van der Waals surface area contributed by atoms with Gasteiger partial charge in [0.15, 0.2) is 0 Å². The van der Waals surface area contributed by atoms with E-state index in [1.54, 1.807) is 23.2 Å². The van der Waals surface area contributed by atoms with Crippen molar-refractivity contribution in [3.8, 4) is 0 Å². The molecule has 0 radical (unpaired) electrons. The van der Waals surface area contributed by atoms with Crippen molar-refractivity contribution in [2.75, 3.05) is 13.1 Å². The van der Waals surface area contributed by atoms with E-state index in [9.17, 15) is 14.7 Å². The lowest BCUT2D eigenvalue weighted by atomic mass is 9.90. The second-order valence-electron chi connectivity index (χ2n) is 5.99. The molecular weight excluding hydrogens is 300 g/mol. The lowest BCUT2D eigenvalue weighted by Crippen LogP contribution is -2.40. The Bertz CT molecular complexity index is 727. The van der Waals surface area contributed by atoms with E-state index < -0.39 is 11.4 Å². The predicted octanol–water partition coefficient (Wildman–Crippen LogP) is 2.91. The predicted molar refractivity (Wildman–Crippen MR) is 86.0 cm³/mol. The van der Waals surface area contributed by atoms with Crippen molar-refractivity contribution in [3.63, 3.8) is 0 Å². The Morgan fingerprint density at radius 3 is 2.95 bits per heavy atom. The molecule has 6 heteroatoms. The van der Waals surface area contributed by atoms with Gasteiger partial charge in [-0.3, -0.25) is 4.79 Å². The number of rotatable bonds is 3. The van der Waals surface area contributed by atoms with E-state index in [4.69, 9.17) is 0 Å². The first-order chi connectivity index (χ1) is 10.5. The fourth-order valence-electron chi connectivity index (χ4n) is 2.72. The van der Waals surface area contributed by atoms with Crippen LogP contribution in [0.3, 0.4) is 0 Å². The summed E-state index contributed by atoms with van der Waals surface area (Å²) in [4.78, 5) is 25.0. The largest absolute Gasteiger partial charge is 0.481 e. The van der Waals surface area contributed by atoms with Crippen LogP contribution in [-0.4, -0.2) is 35.1 Å². The van der Waals surface area contributed by atoms with Gasteiger partial charge in [-0.15, -0.1) is 11.3 Å². The molecule has 0 aliphatic carbocycles. The molecular formula is C16H18N2O3S. The van der Waals surface area contributed by atoms with E-state index in [1.165, 1.54) is 10.1 Å². The van der Waals surface area contributed by atoms with Gasteiger partial charge in [-0.05, 0) is 47.9 Å². The van der Waals surface area contributed by atoms with E-state index in [-0.39, 0.29) is 12.6 Å². The van der Waals surface area contributed by atoms with Crippen LogP contribution in [0.5, 0.6) is 0 Å². The number of hydrogen-bond acceptors (Lipinski definition) is 3. The Morgan fingerprint density at radius 1 is 1.41 bits per heavy atom. The average Bonchev–Trinajstić information content (AvgIpc) is 3.11. The second kappa shape index (κ2) is 5.61. The van der Waals surface area contributed by atoms with Gasteiger partial charge in [0.2, 0.25) is 0 Å². The smallest absolute Gasteiger partial charge is 0.317 e. The van der Waals surface area contributed by atoms with Gasteiger partial charge in [0, 0.05) is 24.3 Å². The van der Waals surface area contributed by atoms with Crippen molar-refractivity contribution in [3.05, 3.63) is 35.2 Å². The molecule has 0 saturated carbocycles. The number of urea groups is 1. The summed E-state index contributed by atoms with van der Waals surface area (Å²) in [5.41, 5.74) is 0.215. The van der Waals surface area contributed by atoms with Crippen LogP contribution >= 0.6 is 11.3 Å². The molecule has 1 unspecified atom stereocenters. The maximum atomic E-state index is 12.2. The maximum absolute atomic E-state index is 12.2. The molecule has 0 bridgehead atoms. The summed E-state index contributed by atoms with van der Waals surface area (Å²) >= 11 is 1.69. The SMILES string of the molecule is CC1(C(=O)O)CCN(C(=O)NCc2ccc3sccc3c2)C1. The Balaban J connectivity index is 1.59. The van der Waals surface area contributed by atoms with Gasteiger partial charge in [0.1, 0.15) is 0 Å². The molecule has 0 spiro atoms. The van der Waals surface area contributed by atoms with E-state index >= 15 is 0 Å². The monoisotopic (exact) mass is 318 g/mol. The molecule has 1 aliphatic heterocycles. The van der Waals surface area contributed by atoms with Crippen molar-refractivity contribution in [1.82, 2.24) is 10.2 Å².